The Labute approximate surface area is 111 Å². The first-order valence-corrected chi connectivity index (χ1v) is 5.99. The number of fused-ring (bicyclic) bond motifs is 1. The molecule has 0 N–H and O–H groups in total. The van der Waals surface area contributed by atoms with E-state index in [1.54, 1.807) is 6.07 Å². The number of benzene rings is 1. The second-order valence-electron chi connectivity index (χ2n) is 3.74. The fourth-order valence-electron chi connectivity index (χ4n) is 1.73. The number of nitro groups is 1. The van der Waals surface area contributed by atoms with Crippen LogP contribution in [0.15, 0.2) is 16.7 Å². The number of aromatic nitrogens is 1. The molecule has 0 radical (unpaired) electrons. The van der Waals surface area contributed by atoms with Crippen molar-refractivity contribution in [2.45, 2.75) is 13.8 Å². The molecule has 0 fully saturated rings. The molecule has 0 bridgehead atoms. The van der Waals surface area contributed by atoms with Crippen molar-refractivity contribution in [3.05, 3.63) is 43.0 Å². The molecular formula is C11H8BrClN2O2. The summed E-state index contributed by atoms with van der Waals surface area (Å²) in [5.41, 5.74) is 2.41. The van der Waals surface area contributed by atoms with E-state index >= 15 is 0 Å². The number of hydrogen-bond acceptors (Lipinski definition) is 3. The average Bonchev–Trinajstić information content (AvgIpc) is 2.27. The minimum absolute atomic E-state index is 0.138. The third kappa shape index (κ3) is 1.89. The number of rotatable bonds is 1. The average molecular weight is 316 g/mol. The van der Waals surface area contributed by atoms with Gasteiger partial charge >= 0.3 is 5.69 Å². The van der Waals surface area contributed by atoms with Gasteiger partial charge in [-0.05, 0) is 31.0 Å². The van der Waals surface area contributed by atoms with Crippen molar-refractivity contribution in [1.82, 2.24) is 4.98 Å². The van der Waals surface area contributed by atoms with E-state index in [1.807, 2.05) is 13.8 Å². The largest absolute Gasteiger partial charge is 0.306 e. The summed E-state index contributed by atoms with van der Waals surface area (Å²) in [6, 6.07) is 1.80. The molecule has 2 aromatic rings. The molecule has 0 amide bonds. The number of pyridine rings is 1. The summed E-state index contributed by atoms with van der Waals surface area (Å²) in [6.07, 6.45) is 1.19. The summed E-state index contributed by atoms with van der Waals surface area (Å²) in [6.45, 7) is 3.81. The van der Waals surface area contributed by atoms with Crippen LogP contribution < -0.4 is 0 Å². The van der Waals surface area contributed by atoms with Gasteiger partial charge < -0.3 is 0 Å². The first kappa shape index (κ1) is 12.3. The molecule has 0 aliphatic carbocycles. The lowest BCUT2D eigenvalue weighted by Crippen LogP contribution is -1.94. The molecule has 0 unspecified atom stereocenters. The maximum Gasteiger partial charge on any atom is 0.306 e. The molecule has 0 aliphatic heterocycles. The second-order valence-corrected chi connectivity index (χ2v) is 4.91. The summed E-state index contributed by atoms with van der Waals surface area (Å²) >= 11 is 9.49. The van der Waals surface area contributed by atoms with Gasteiger partial charge in [0.2, 0.25) is 0 Å². The van der Waals surface area contributed by atoms with Crippen LogP contribution >= 0.6 is 27.5 Å². The molecule has 17 heavy (non-hydrogen) atoms. The van der Waals surface area contributed by atoms with Crippen LogP contribution in [0.4, 0.5) is 5.69 Å². The molecule has 88 valence electrons. The lowest BCUT2D eigenvalue weighted by atomic mass is 10.1. The molecule has 0 aliphatic rings. The monoisotopic (exact) mass is 314 g/mol. The minimum Gasteiger partial charge on any atom is -0.258 e. The van der Waals surface area contributed by atoms with Crippen molar-refractivity contribution in [2.24, 2.45) is 0 Å². The van der Waals surface area contributed by atoms with E-state index < -0.39 is 4.92 Å². The van der Waals surface area contributed by atoms with Crippen LogP contribution in [0.3, 0.4) is 0 Å². The maximum absolute atomic E-state index is 10.8. The van der Waals surface area contributed by atoms with Gasteiger partial charge in [-0.1, -0.05) is 27.5 Å². The number of hydrogen-bond donors (Lipinski definition) is 0. The fourth-order valence-corrected chi connectivity index (χ4v) is 2.30. The Morgan fingerprint density at radius 2 is 2.12 bits per heavy atom. The molecule has 0 saturated heterocycles. The molecule has 0 spiro atoms. The van der Waals surface area contributed by atoms with E-state index in [0.29, 0.717) is 10.9 Å². The first-order valence-electron chi connectivity index (χ1n) is 4.81. The Hall–Kier alpha value is -1.20. The first-order chi connectivity index (χ1) is 7.93. The van der Waals surface area contributed by atoms with Gasteiger partial charge in [-0.25, -0.2) is 4.98 Å². The van der Waals surface area contributed by atoms with Crippen molar-refractivity contribution in [3.8, 4) is 0 Å². The minimum atomic E-state index is -0.526. The Morgan fingerprint density at radius 1 is 1.47 bits per heavy atom. The molecular weight excluding hydrogens is 307 g/mol. The van der Waals surface area contributed by atoms with Gasteiger partial charge in [0.1, 0.15) is 11.2 Å². The van der Waals surface area contributed by atoms with Gasteiger partial charge in [-0.3, -0.25) is 10.1 Å². The van der Waals surface area contributed by atoms with Crippen LogP contribution in [0.2, 0.25) is 5.02 Å². The van der Waals surface area contributed by atoms with E-state index in [4.69, 9.17) is 11.6 Å². The lowest BCUT2D eigenvalue weighted by Gasteiger charge is -2.08. The van der Waals surface area contributed by atoms with Crippen LogP contribution in [0.25, 0.3) is 10.9 Å². The normalized spacial score (nSPS) is 10.8. The molecule has 0 saturated carbocycles. The van der Waals surface area contributed by atoms with Gasteiger partial charge in [-0.2, -0.15) is 0 Å². The summed E-state index contributed by atoms with van der Waals surface area (Å²) in [5, 5.41) is 11.5. The van der Waals surface area contributed by atoms with E-state index in [1.165, 1.54) is 6.20 Å². The predicted octanol–water partition coefficient (Wildman–Crippen LogP) is 4.18. The standard InChI is InChI=1S/C11H8BrClN2O2/c1-5-3-7-10(13)8(15(16)17)4-14-11(7)6(2)9(5)12/h3-4H,1-2H3. The lowest BCUT2D eigenvalue weighted by molar-refractivity contribution is -0.384. The van der Waals surface area contributed by atoms with Crippen molar-refractivity contribution in [2.75, 3.05) is 0 Å². The zero-order valence-electron chi connectivity index (χ0n) is 9.12. The van der Waals surface area contributed by atoms with Crippen LogP contribution in [0.1, 0.15) is 11.1 Å². The van der Waals surface area contributed by atoms with Gasteiger partial charge in [0.05, 0.1) is 10.4 Å². The van der Waals surface area contributed by atoms with Gasteiger partial charge in [-0.15, -0.1) is 0 Å². The molecule has 1 aromatic heterocycles. The number of halogens is 2. The summed E-state index contributed by atoms with van der Waals surface area (Å²) in [4.78, 5) is 14.4. The highest BCUT2D eigenvalue weighted by Crippen LogP contribution is 2.36. The Bertz CT molecular complexity index is 643. The fraction of sp³-hybridized carbons (Fsp3) is 0.182. The number of nitrogens with zero attached hydrogens (tertiary/aromatic N) is 2. The highest BCUT2D eigenvalue weighted by atomic mass is 79.9. The van der Waals surface area contributed by atoms with Gasteiger partial charge in [0, 0.05) is 9.86 Å². The van der Waals surface area contributed by atoms with E-state index in [2.05, 4.69) is 20.9 Å². The zero-order valence-corrected chi connectivity index (χ0v) is 11.5. The van der Waals surface area contributed by atoms with Crippen molar-refractivity contribution in [1.29, 1.82) is 0 Å². The third-order valence-electron chi connectivity index (χ3n) is 2.62. The Kier molecular flexibility index (Phi) is 3.05. The predicted molar refractivity (Wildman–Crippen MR) is 70.6 cm³/mol. The van der Waals surface area contributed by atoms with E-state index in [-0.39, 0.29) is 10.7 Å². The highest BCUT2D eigenvalue weighted by Gasteiger charge is 2.18. The zero-order chi connectivity index (χ0) is 12.7. The van der Waals surface area contributed by atoms with E-state index in [0.717, 1.165) is 15.6 Å². The Morgan fingerprint density at radius 3 is 2.71 bits per heavy atom. The summed E-state index contributed by atoms with van der Waals surface area (Å²) in [7, 11) is 0. The van der Waals surface area contributed by atoms with Gasteiger partial charge in [0.25, 0.3) is 0 Å². The maximum atomic E-state index is 10.8. The SMILES string of the molecule is Cc1cc2c(Cl)c([N+](=O)[O-])cnc2c(C)c1Br. The topological polar surface area (TPSA) is 56.0 Å². The van der Waals surface area contributed by atoms with Crippen LogP contribution in [0, 0.1) is 24.0 Å². The summed E-state index contributed by atoms with van der Waals surface area (Å²) < 4.78 is 0.947. The molecule has 1 aromatic carbocycles. The smallest absolute Gasteiger partial charge is 0.258 e. The van der Waals surface area contributed by atoms with Crippen LogP contribution in [-0.4, -0.2) is 9.91 Å². The third-order valence-corrected chi connectivity index (χ3v) is 4.24. The quantitative estimate of drug-likeness (QED) is 0.586. The second kappa shape index (κ2) is 4.23. The van der Waals surface area contributed by atoms with Crippen LogP contribution in [0.5, 0.6) is 0 Å². The van der Waals surface area contributed by atoms with Crippen LogP contribution in [-0.2, 0) is 0 Å². The van der Waals surface area contributed by atoms with E-state index in [9.17, 15) is 10.1 Å². The van der Waals surface area contributed by atoms with Crippen molar-refractivity contribution >= 4 is 44.1 Å². The molecule has 2 rings (SSSR count). The van der Waals surface area contributed by atoms with Crippen molar-refractivity contribution in [3.63, 3.8) is 0 Å². The number of aryl methyl sites for hydroxylation is 2. The molecule has 1 heterocycles. The summed E-state index contributed by atoms with van der Waals surface area (Å²) in [5.74, 6) is 0. The molecule has 6 heteroatoms. The highest BCUT2D eigenvalue weighted by molar-refractivity contribution is 9.10. The Balaban J connectivity index is 2.92. The molecule has 4 nitrogen and oxygen atoms in total. The van der Waals surface area contributed by atoms with Gasteiger partial charge in [0.15, 0.2) is 0 Å². The molecule has 0 atom stereocenters. The van der Waals surface area contributed by atoms with Crippen molar-refractivity contribution < 1.29 is 4.92 Å².